The predicted molar refractivity (Wildman–Crippen MR) is 80.8 cm³/mol. The lowest BCUT2D eigenvalue weighted by molar-refractivity contribution is 0.268. The van der Waals surface area contributed by atoms with E-state index in [-0.39, 0.29) is 0 Å². The van der Waals surface area contributed by atoms with Crippen molar-refractivity contribution >= 4 is 22.8 Å². The third kappa shape index (κ3) is 2.55. The van der Waals surface area contributed by atoms with E-state index in [0.29, 0.717) is 5.95 Å². The standard InChI is InChI=1S/C14H22N6/c1-9-5-3-4-6-10(9)7-16-12-11-8-17-20-13(11)19-14(15-2)18-12/h8-10H,3-7H2,1-2H3,(H3,15,16,17,18,19,20). The molecule has 2 unspecified atom stereocenters. The number of hydrogen-bond acceptors (Lipinski definition) is 5. The van der Waals surface area contributed by atoms with E-state index in [0.717, 1.165) is 35.2 Å². The van der Waals surface area contributed by atoms with Crippen LogP contribution in [0.15, 0.2) is 6.20 Å². The van der Waals surface area contributed by atoms with Gasteiger partial charge in [0.1, 0.15) is 5.82 Å². The monoisotopic (exact) mass is 274 g/mol. The van der Waals surface area contributed by atoms with Gasteiger partial charge in [0.15, 0.2) is 5.65 Å². The van der Waals surface area contributed by atoms with Gasteiger partial charge in [-0.15, -0.1) is 0 Å². The molecule has 3 N–H and O–H groups in total. The molecule has 0 amide bonds. The Morgan fingerprint density at radius 1 is 1.30 bits per heavy atom. The van der Waals surface area contributed by atoms with Crippen molar-refractivity contribution in [1.82, 2.24) is 20.2 Å². The lowest BCUT2D eigenvalue weighted by Gasteiger charge is -2.29. The molecule has 0 radical (unpaired) electrons. The molecule has 6 heteroatoms. The summed E-state index contributed by atoms with van der Waals surface area (Å²) < 4.78 is 0. The molecule has 0 saturated heterocycles. The number of aromatic nitrogens is 4. The first-order chi connectivity index (χ1) is 9.78. The minimum atomic E-state index is 0.612. The van der Waals surface area contributed by atoms with Gasteiger partial charge in [0, 0.05) is 13.6 Å². The second kappa shape index (κ2) is 5.64. The van der Waals surface area contributed by atoms with E-state index in [1.54, 1.807) is 6.20 Å². The fraction of sp³-hybridized carbons (Fsp3) is 0.643. The van der Waals surface area contributed by atoms with Gasteiger partial charge in [0.2, 0.25) is 5.95 Å². The second-order valence-electron chi connectivity index (χ2n) is 5.68. The van der Waals surface area contributed by atoms with Gasteiger partial charge in [-0.1, -0.05) is 26.2 Å². The molecule has 2 aromatic rings. The number of anilines is 2. The van der Waals surface area contributed by atoms with Crippen molar-refractivity contribution in [2.45, 2.75) is 32.6 Å². The average molecular weight is 274 g/mol. The van der Waals surface area contributed by atoms with Gasteiger partial charge < -0.3 is 10.6 Å². The third-order valence-electron chi connectivity index (χ3n) is 4.35. The first kappa shape index (κ1) is 13.1. The van der Waals surface area contributed by atoms with Gasteiger partial charge in [-0.2, -0.15) is 15.1 Å². The van der Waals surface area contributed by atoms with Crippen molar-refractivity contribution in [2.75, 3.05) is 24.2 Å². The van der Waals surface area contributed by atoms with Crippen LogP contribution in [-0.2, 0) is 0 Å². The fourth-order valence-corrected chi connectivity index (χ4v) is 3.01. The van der Waals surface area contributed by atoms with E-state index in [2.05, 4.69) is 37.7 Å². The van der Waals surface area contributed by atoms with Crippen LogP contribution in [0.1, 0.15) is 32.6 Å². The molecule has 0 aromatic carbocycles. The Labute approximate surface area is 118 Å². The number of aromatic amines is 1. The van der Waals surface area contributed by atoms with Gasteiger partial charge in [0.25, 0.3) is 0 Å². The normalized spacial score (nSPS) is 22.9. The maximum atomic E-state index is 4.51. The molecule has 0 aliphatic heterocycles. The minimum absolute atomic E-state index is 0.612. The predicted octanol–water partition coefficient (Wildman–Crippen LogP) is 2.63. The summed E-state index contributed by atoms with van der Waals surface area (Å²) in [4.78, 5) is 8.85. The molecule has 1 saturated carbocycles. The zero-order valence-electron chi connectivity index (χ0n) is 12.1. The summed E-state index contributed by atoms with van der Waals surface area (Å²) in [5.74, 6) is 3.01. The molecule has 1 aliphatic rings. The largest absolute Gasteiger partial charge is 0.369 e. The lowest BCUT2D eigenvalue weighted by Crippen LogP contribution is -2.24. The second-order valence-corrected chi connectivity index (χ2v) is 5.68. The summed E-state index contributed by atoms with van der Waals surface area (Å²) in [6, 6.07) is 0. The molecule has 108 valence electrons. The zero-order valence-corrected chi connectivity index (χ0v) is 12.1. The first-order valence-electron chi connectivity index (χ1n) is 7.40. The highest BCUT2D eigenvalue weighted by molar-refractivity contribution is 5.86. The SMILES string of the molecule is CNc1nc(NCC2CCCCC2C)c2cn[nH]c2n1. The molecular formula is C14H22N6. The highest BCUT2D eigenvalue weighted by atomic mass is 15.2. The maximum absolute atomic E-state index is 4.51. The van der Waals surface area contributed by atoms with Crippen molar-refractivity contribution in [3.05, 3.63) is 6.20 Å². The smallest absolute Gasteiger partial charge is 0.226 e. The highest BCUT2D eigenvalue weighted by Gasteiger charge is 2.21. The number of H-pyrrole nitrogens is 1. The van der Waals surface area contributed by atoms with Gasteiger partial charge >= 0.3 is 0 Å². The molecule has 0 bridgehead atoms. The van der Waals surface area contributed by atoms with E-state index in [4.69, 9.17) is 0 Å². The molecule has 6 nitrogen and oxygen atoms in total. The van der Waals surface area contributed by atoms with Crippen molar-refractivity contribution in [2.24, 2.45) is 11.8 Å². The Bertz CT molecular complexity index is 578. The Hall–Kier alpha value is -1.85. The van der Waals surface area contributed by atoms with Crippen LogP contribution in [0.25, 0.3) is 11.0 Å². The van der Waals surface area contributed by atoms with Crippen molar-refractivity contribution < 1.29 is 0 Å². The zero-order chi connectivity index (χ0) is 13.9. The van der Waals surface area contributed by atoms with Crippen molar-refractivity contribution in [3.63, 3.8) is 0 Å². The van der Waals surface area contributed by atoms with Crippen LogP contribution < -0.4 is 10.6 Å². The van der Waals surface area contributed by atoms with Gasteiger partial charge in [0.05, 0.1) is 11.6 Å². The third-order valence-corrected chi connectivity index (χ3v) is 4.35. The van der Waals surface area contributed by atoms with Gasteiger partial charge in [-0.25, -0.2) is 0 Å². The molecule has 20 heavy (non-hydrogen) atoms. The Morgan fingerprint density at radius 3 is 2.95 bits per heavy atom. The molecule has 2 aromatic heterocycles. The Morgan fingerprint density at radius 2 is 2.15 bits per heavy atom. The van der Waals surface area contributed by atoms with Gasteiger partial charge in [-0.05, 0) is 18.3 Å². The van der Waals surface area contributed by atoms with Crippen LogP contribution in [0.3, 0.4) is 0 Å². The van der Waals surface area contributed by atoms with Crippen LogP contribution in [0.2, 0.25) is 0 Å². The summed E-state index contributed by atoms with van der Waals surface area (Å²) in [5, 5.41) is 14.4. The molecule has 2 heterocycles. The highest BCUT2D eigenvalue weighted by Crippen LogP contribution is 2.30. The van der Waals surface area contributed by atoms with E-state index in [9.17, 15) is 0 Å². The molecule has 3 rings (SSSR count). The van der Waals surface area contributed by atoms with Crippen molar-refractivity contribution in [3.8, 4) is 0 Å². The first-order valence-corrected chi connectivity index (χ1v) is 7.40. The summed E-state index contributed by atoms with van der Waals surface area (Å²) in [7, 11) is 1.82. The van der Waals surface area contributed by atoms with Crippen LogP contribution in [0.4, 0.5) is 11.8 Å². The van der Waals surface area contributed by atoms with Crippen LogP contribution in [-0.4, -0.2) is 33.8 Å². The summed E-state index contributed by atoms with van der Waals surface area (Å²) >= 11 is 0. The average Bonchev–Trinajstić information content (AvgIpc) is 2.94. The summed E-state index contributed by atoms with van der Waals surface area (Å²) in [5.41, 5.74) is 0.767. The maximum Gasteiger partial charge on any atom is 0.226 e. The Balaban J connectivity index is 1.77. The number of fused-ring (bicyclic) bond motifs is 1. The summed E-state index contributed by atoms with van der Waals surface area (Å²) in [6.45, 7) is 3.33. The number of rotatable bonds is 4. The number of nitrogens with one attached hydrogen (secondary N) is 3. The van der Waals surface area contributed by atoms with E-state index in [1.807, 2.05) is 7.05 Å². The van der Waals surface area contributed by atoms with Crippen LogP contribution in [0, 0.1) is 11.8 Å². The molecular weight excluding hydrogens is 252 g/mol. The molecule has 2 atom stereocenters. The topological polar surface area (TPSA) is 78.5 Å². The van der Waals surface area contributed by atoms with E-state index in [1.165, 1.54) is 25.7 Å². The van der Waals surface area contributed by atoms with Crippen LogP contribution >= 0.6 is 0 Å². The number of hydrogen-bond donors (Lipinski definition) is 3. The van der Waals surface area contributed by atoms with Crippen molar-refractivity contribution in [1.29, 1.82) is 0 Å². The van der Waals surface area contributed by atoms with Gasteiger partial charge in [-0.3, -0.25) is 5.10 Å². The molecule has 1 aliphatic carbocycles. The lowest BCUT2D eigenvalue weighted by atomic mass is 9.80. The number of nitrogens with zero attached hydrogens (tertiary/aromatic N) is 3. The molecule has 1 fully saturated rings. The Kier molecular flexibility index (Phi) is 3.71. The minimum Gasteiger partial charge on any atom is -0.369 e. The quantitative estimate of drug-likeness (QED) is 0.798. The van der Waals surface area contributed by atoms with Crippen LogP contribution in [0.5, 0.6) is 0 Å². The van der Waals surface area contributed by atoms with E-state index < -0.39 is 0 Å². The molecule has 0 spiro atoms. The van der Waals surface area contributed by atoms with E-state index >= 15 is 0 Å². The fourth-order valence-electron chi connectivity index (χ4n) is 3.01. The summed E-state index contributed by atoms with van der Waals surface area (Å²) in [6.07, 6.45) is 7.16.